The van der Waals surface area contributed by atoms with E-state index in [2.05, 4.69) is 4.98 Å². The Bertz CT molecular complexity index is 1010. The summed E-state index contributed by atoms with van der Waals surface area (Å²) in [6.07, 6.45) is 0. The summed E-state index contributed by atoms with van der Waals surface area (Å²) < 4.78 is 37.8. The summed E-state index contributed by atoms with van der Waals surface area (Å²) in [6.45, 7) is 5.90. The Morgan fingerprint density at radius 2 is 1.79 bits per heavy atom. The SMILES string of the molecule is Cc1cc(C(=O)CN2CCN(S(=O)(=O)c3ccc4c(c3)OCO4)CC2)c(C)[nH]1. The Balaban J connectivity index is 1.39. The maximum Gasteiger partial charge on any atom is 0.243 e. The number of sulfonamides is 1. The molecule has 150 valence electrons. The lowest BCUT2D eigenvalue weighted by molar-refractivity contribution is 0.0901. The second-order valence-corrected chi connectivity index (χ2v) is 9.05. The molecule has 4 rings (SSSR count). The first-order valence-corrected chi connectivity index (χ1v) is 10.6. The number of carbonyl (C=O) groups is 1. The smallest absolute Gasteiger partial charge is 0.243 e. The van der Waals surface area contributed by atoms with Crippen LogP contribution in [0.5, 0.6) is 11.5 Å². The number of piperazine rings is 1. The summed E-state index contributed by atoms with van der Waals surface area (Å²) in [5, 5.41) is 0. The molecule has 2 aliphatic rings. The molecule has 0 radical (unpaired) electrons. The van der Waals surface area contributed by atoms with Crippen molar-refractivity contribution < 1.29 is 22.7 Å². The van der Waals surface area contributed by atoms with Gasteiger partial charge in [-0.2, -0.15) is 4.31 Å². The number of aromatic amines is 1. The van der Waals surface area contributed by atoms with Crippen molar-refractivity contribution in [3.63, 3.8) is 0 Å². The van der Waals surface area contributed by atoms with Gasteiger partial charge in [0.05, 0.1) is 11.4 Å². The number of benzene rings is 1. The van der Waals surface area contributed by atoms with Crippen molar-refractivity contribution in [1.29, 1.82) is 0 Å². The molecule has 3 heterocycles. The number of nitrogens with one attached hydrogen (secondary N) is 1. The maximum atomic E-state index is 12.9. The average Bonchev–Trinajstić information content (AvgIpc) is 3.27. The average molecular weight is 405 g/mol. The Kier molecular flexibility index (Phi) is 4.90. The van der Waals surface area contributed by atoms with Gasteiger partial charge in [0.25, 0.3) is 0 Å². The summed E-state index contributed by atoms with van der Waals surface area (Å²) >= 11 is 0. The molecule has 0 saturated carbocycles. The van der Waals surface area contributed by atoms with Crippen molar-refractivity contribution in [3.8, 4) is 11.5 Å². The zero-order chi connectivity index (χ0) is 19.9. The minimum atomic E-state index is -3.61. The van der Waals surface area contributed by atoms with Gasteiger partial charge >= 0.3 is 0 Å². The van der Waals surface area contributed by atoms with E-state index < -0.39 is 10.0 Å². The number of Topliss-reactive ketones (excluding diaryl/α,β-unsaturated/α-hetero) is 1. The minimum Gasteiger partial charge on any atom is -0.454 e. The van der Waals surface area contributed by atoms with E-state index in [1.165, 1.54) is 16.4 Å². The number of carbonyl (C=O) groups excluding carboxylic acids is 1. The van der Waals surface area contributed by atoms with Gasteiger partial charge in [-0.25, -0.2) is 8.42 Å². The van der Waals surface area contributed by atoms with Crippen molar-refractivity contribution >= 4 is 15.8 Å². The Morgan fingerprint density at radius 3 is 2.46 bits per heavy atom. The lowest BCUT2D eigenvalue weighted by Crippen LogP contribution is -2.49. The van der Waals surface area contributed by atoms with Gasteiger partial charge in [-0.15, -0.1) is 0 Å². The lowest BCUT2D eigenvalue weighted by atomic mass is 10.1. The molecule has 1 aromatic carbocycles. The standard InChI is InChI=1S/C19H23N3O5S/c1-13-9-16(14(2)20-13)17(23)11-21-5-7-22(8-6-21)28(24,25)15-3-4-18-19(10-15)27-12-26-18/h3-4,9-10,20H,5-8,11-12H2,1-2H3. The van der Waals surface area contributed by atoms with Crippen LogP contribution in [0.15, 0.2) is 29.2 Å². The maximum absolute atomic E-state index is 12.9. The minimum absolute atomic E-state index is 0.0499. The molecule has 28 heavy (non-hydrogen) atoms. The molecule has 0 bridgehead atoms. The van der Waals surface area contributed by atoms with E-state index in [4.69, 9.17) is 9.47 Å². The van der Waals surface area contributed by atoms with Gasteiger partial charge < -0.3 is 14.5 Å². The summed E-state index contributed by atoms with van der Waals surface area (Å²) in [6, 6.07) is 6.52. The highest BCUT2D eigenvalue weighted by atomic mass is 32.2. The third kappa shape index (κ3) is 3.52. The van der Waals surface area contributed by atoms with E-state index >= 15 is 0 Å². The molecule has 0 spiro atoms. The van der Waals surface area contributed by atoms with E-state index in [-0.39, 0.29) is 24.0 Å². The largest absolute Gasteiger partial charge is 0.454 e. The van der Waals surface area contributed by atoms with Crippen molar-refractivity contribution in [2.45, 2.75) is 18.7 Å². The normalized spacial score (nSPS) is 17.8. The van der Waals surface area contributed by atoms with Gasteiger partial charge in [-0.1, -0.05) is 0 Å². The van der Waals surface area contributed by atoms with Crippen LogP contribution in [0.1, 0.15) is 21.7 Å². The van der Waals surface area contributed by atoms with Gasteiger partial charge in [0.2, 0.25) is 16.8 Å². The van der Waals surface area contributed by atoms with Gasteiger partial charge in [0, 0.05) is 49.2 Å². The number of fused-ring (bicyclic) bond motifs is 1. The number of H-pyrrole nitrogens is 1. The predicted octanol–water partition coefficient (Wildman–Crippen LogP) is 1.55. The summed E-state index contributed by atoms with van der Waals surface area (Å²) in [5.41, 5.74) is 2.53. The molecule has 0 unspecified atom stereocenters. The van der Waals surface area contributed by atoms with Crippen LogP contribution >= 0.6 is 0 Å². The van der Waals surface area contributed by atoms with E-state index in [0.717, 1.165) is 11.4 Å². The van der Waals surface area contributed by atoms with Crippen LogP contribution in [0.2, 0.25) is 0 Å². The molecule has 0 amide bonds. The second-order valence-electron chi connectivity index (χ2n) is 7.11. The highest BCUT2D eigenvalue weighted by Gasteiger charge is 2.30. The van der Waals surface area contributed by atoms with Gasteiger partial charge in [0.15, 0.2) is 17.3 Å². The Hall–Kier alpha value is -2.36. The molecule has 0 aliphatic carbocycles. The Labute approximate surface area is 164 Å². The number of aryl methyl sites for hydroxylation is 2. The zero-order valence-electron chi connectivity index (χ0n) is 15.9. The molecule has 1 aromatic heterocycles. The molecule has 8 nitrogen and oxygen atoms in total. The molecule has 1 fully saturated rings. The van der Waals surface area contributed by atoms with Crippen molar-refractivity contribution in [2.75, 3.05) is 39.5 Å². The first-order valence-electron chi connectivity index (χ1n) is 9.16. The predicted molar refractivity (Wildman–Crippen MR) is 102 cm³/mol. The summed E-state index contributed by atoms with van der Waals surface area (Å²) in [4.78, 5) is 17.9. The van der Waals surface area contributed by atoms with Crippen molar-refractivity contribution in [2.24, 2.45) is 0 Å². The summed E-state index contributed by atoms with van der Waals surface area (Å²) in [5.74, 6) is 1.05. The van der Waals surface area contributed by atoms with E-state index in [1.54, 1.807) is 6.07 Å². The van der Waals surface area contributed by atoms with Crippen molar-refractivity contribution in [3.05, 3.63) is 41.2 Å². The van der Waals surface area contributed by atoms with Crippen LogP contribution in [-0.4, -0.2) is 67.9 Å². The van der Waals surface area contributed by atoms with Crippen LogP contribution in [0.4, 0.5) is 0 Å². The van der Waals surface area contributed by atoms with Gasteiger partial charge in [-0.3, -0.25) is 9.69 Å². The molecular weight excluding hydrogens is 382 g/mol. The first-order chi connectivity index (χ1) is 13.3. The molecule has 2 aromatic rings. The van der Waals surface area contributed by atoms with Crippen LogP contribution in [-0.2, 0) is 10.0 Å². The lowest BCUT2D eigenvalue weighted by Gasteiger charge is -2.33. The molecule has 9 heteroatoms. The number of aromatic nitrogens is 1. The van der Waals surface area contributed by atoms with Crippen LogP contribution in [0, 0.1) is 13.8 Å². The van der Waals surface area contributed by atoms with Crippen molar-refractivity contribution in [1.82, 2.24) is 14.2 Å². The number of hydrogen-bond donors (Lipinski definition) is 1. The number of rotatable bonds is 5. The quantitative estimate of drug-likeness (QED) is 0.759. The third-order valence-corrected chi connectivity index (χ3v) is 7.02. The monoisotopic (exact) mass is 405 g/mol. The fraction of sp³-hybridized carbons (Fsp3) is 0.421. The highest BCUT2D eigenvalue weighted by molar-refractivity contribution is 7.89. The van der Waals surface area contributed by atoms with Crippen LogP contribution in [0.25, 0.3) is 0 Å². The molecule has 0 atom stereocenters. The van der Waals surface area contributed by atoms with Gasteiger partial charge in [-0.05, 0) is 32.0 Å². The second kappa shape index (κ2) is 7.23. The van der Waals surface area contributed by atoms with E-state index in [9.17, 15) is 13.2 Å². The van der Waals surface area contributed by atoms with Crippen LogP contribution in [0.3, 0.4) is 0 Å². The third-order valence-electron chi connectivity index (χ3n) is 5.13. The zero-order valence-corrected chi connectivity index (χ0v) is 16.7. The molecular formula is C19H23N3O5S. The number of nitrogens with zero attached hydrogens (tertiary/aromatic N) is 2. The molecule has 2 aliphatic heterocycles. The van der Waals surface area contributed by atoms with E-state index in [0.29, 0.717) is 43.2 Å². The first kappa shape index (κ1) is 19.0. The van der Waals surface area contributed by atoms with E-state index in [1.807, 2.05) is 24.8 Å². The number of hydrogen-bond acceptors (Lipinski definition) is 6. The highest BCUT2D eigenvalue weighted by Crippen LogP contribution is 2.34. The summed E-state index contributed by atoms with van der Waals surface area (Å²) in [7, 11) is -3.61. The Morgan fingerprint density at radius 1 is 1.07 bits per heavy atom. The molecule has 1 N–H and O–H groups in total. The topological polar surface area (TPSA) is 91.9 Å². The van der Waals surface area contributed by atoms with Crippen LogP contribution < -0.4 is 9.47 Å². The van der Waals surface area contributed by atoms with Gasteiger partial charge in [0.1, 0.15) is 0 Å². The molecule has 1 saturated heterocycles. The number of ether oxygens (including phenoxy) is 2. The fourth-order valence-corrected chi connectivity index (χ4v) is 5.05. The number of ketones is 1. The fourth-order valence-electron chi connectivity index (χ4n) is 3.62.